The van der Waals surface area contributed by atoms with Crippen molar-refractivity contribution in [1.29, 1.82) is 0 Å². The minimum absolute atomic E-state index is 0.230. The van der Waals surface area contributed by atoms with Gasteiger partial charge in [-0.25, -0.2) is 0 Å². The Kier molecular flexibility index (Phi) is 7.30. The highest BCUT2D eigenvalue weighted by Crippen LogP contribution is 2.05. The summed E-state index contributed by atoms with van der Waals surface area (Å²) in [4.78, 5) is 14.0. The predicted octanol–water partition coefficient (Wildman–Crippen LogP) is 2.62. The number of hydrogen-bond donors (Lipinski definition) is 0. The van der Waals surface area contributed by atoms with Crippen LogP contribution >= 0.6 is 0 Å². The van der Waals surface area contributed by atoms with Gasteiger partial charge >= 0.3 is 0 Å². The Morgan fingerprint density at radius 1 is 1.22 bits per heavy atom. The zero-order valence-corrected chi connectivity index (χ0v) is 11.4. The number of benzene rings is 1. The zero-order valence-electron chi connectivity index (χ0n) is 11.4. The molecule has 0 bridgehead atoms. The Morgan fingerprint density at radius 3 is 2.61 bits per heavy atom. The second-order valence-corrected chi connectivity index (χ2v) is 4.39. The van der Waals surface area contributed by atoms with Crippen molar-refractivity contribution in [2.75, 3.05) is 33.4 Å². The highest BCUT2D eigenvalue weighted by atomic mass is 16.5. The first-order valence-electron chi connectivity index (χ1n) is 6.58. The first-order chi connectivity index (χ1) is 8.74. The summed E-state index contributed by atoms with van der Waals surface area (Å²) < 4.78 is 5.29. The van der Waals surface area contributed by atoms with E-state index >= 15 is 0 Å². The van der Waals surface area contributed by atoms with Crippen LogP contribution in [0.15, 0.2) is 30.3 Å². The topological polar surface area (TPSA) is 29.5 Å². The average molecular weight is 249 g/mol. The number of ketones is 1. The molecule has 3 nitrogen and oxygen atoms in total. The van der Waals surface area contributed by atoms with E-state index < -0.39 is 0 Å². The fourth-order valence-electron chi connectivity index (χ4n) is 1.75. The average Bonchev–Trinajstić information content (AvgIpc) is 2.40. The van der Waals surface area contributed by atoms with E-state index in [1.165, 1.54) is 0 Å². The van der Waals surface area contributed by atoms with Crippen LogP contribution in [-0.4, -0.2) is 44.0 Å². The standard InChI is InChI=1S/C15H23NO2/c1-3-18-13-12-16(2)11-7-10-15(17)14-8-5-4-6-9-14/h4-6,8-9H,3,7,10-13H2,1-2H3. The van der Waals surface area contributed by atoms with E-state index in [0.717, 1.165) is 38.3 Å². The lowest BCUT2D eigenvalue weighted by Gasteiger charge is -2.15. The fraction of sp³-hybridized carbons (Fsp3) is 0.533. The molecular weight excluding hydrogens is 226 g/mol. The number of carbonyl (C=O) groups excluding carboxylic acids is 1. The number of carbonyl (C=O) groups is 1. The smallest absolute Gasteiger partial charge is 0.162 e. The second kappa shape index (κ2) is 8.84. The van der Waals surface area contributed by atoms with E-state index in [9.17, 15) is 4.79 Å². The molecule has 1 rings (SSSR count). The first-order valence-corrected chi connectivity index (χ1v) is 6.58. The zero-order chi connectivity index (χ0) is 13.2. The van der Waals surface area contributed by atoms with Gasteiger partial charge in [0.05, 0.1) is 6.61 Å². The predicted molar refractivity (Wildman–Crippen MR) is 74.0 cm³/mol. The van der Waals surface area contributed by atoms with Crippen molar-refractivity contribution < 1.29 is 9.53 Å². The van der Waals surface area contributed by atoms with Gasteiger partial charge in [0.1, 0.15) is 0 Å². The van der Waals surface area contributed by atoms with Gasteiger partial charge in [0.2, 0.25) is 0 Å². The Bertz CT molecular complexity index is 338. The summed E-state index contributed by atoms with van der Waals surface area (Å²) >= 11 is 0. The molecule has 0 N–H and O–H groups in total. The summed E-state index contributed by atoms with van der Waals surface area (Å²) in [7, 11) is 2.06. The van der Waals surface area contributed by atoms with Gasteiger partial charge < -0.3 is 9.64 Å². The molecule has 0 saturated carbocycles. The lowest BCUT2D eigenvalue weighted by atomic mass is 10.1. The van der Waals surface area contributed by atoms with Gasteiger partial charge in [-0.15, -0.1) is 0 Å². The molecule has 0 aliphatic heterocycles. The van der Waals surface area contributed by atoms with Gasteiger partial charge in [-0.1, -0.05) is 30.3 Å². The van der Waals surface area contributed by atoms with E-state index in [0.29, 0.717) is 6.42 Å². The second-order valence-electron chi connectivity index (χ2n) is 4.39. The third kappa shape index (κ3) is 5.94. The maximum atomic E-state index is 11.8. The largest absolute Gasteiger partial charge is 0.380 e. The Balaban J connectivity index is 2.16. The van der Waals surface area contributed by atoms with Gasteiger partial charge in [-0.3, -0.25) is 4.79 Å². The van der Waals surface area contributed by atoms with Crippen molar-refractivity contribution in [3.63, 3.8) is 0 Å². The van der Waals surface area contributed by atoms with Gasteiger partial charge in [0, 0.05) is 25.1 Å². The summed E-state index contributed by atoms with van der Waals surface area (Å²) in [6.07, 6.45) is 1.51. The van der Waals surface area contributed by atoms with Crippen molar-refractivity contribution in [3.05, 3.63) is 35.9 Å². The molecule has 0 radical (unpaired) electrons. The van der Waals surface area contributed by atoms with E-state index in [-0.39, 0.29) is 5.78 Å². The van der Waals surface area contributed by atoms with Crippen molar-refractivity contribution in [1.82, 2.24) is 4.90 Å². The van der Waals surface area contributed by atoms with Crippen LogP contribution in [0.2, 0.25) is 0 Å². The van der Waals surface area contributed by atoms with Crippen LogP contribution < -0.4 is 0 Å². The molecule has 0 amide bonds. The molecule has 0 heterocycles. The number of hydrogen-bond acceptors (Lipinski definition) is 3. The van der Waals surface area contributed by atoms with Crippen LogP contribution in [-0.2, 0) is 4.74 Å². The molecule has 0 aromatic heterocycles. The maximum absolute atomic E-state index is 11.8. The van der Waals surface area contributed by atoms with Crippen molar-refractivity contribution in [3.8, 4) is 0 Å². The van der Waals surface area contributed by atoms with Crippen LogP contribution in [0.4, 0.5) is 0 Å². The number of rotatable bonds is 9. The number of ether oxygens (including phenoxy) is 1. The quantitative estimate of drug-likeness (QED) is 0.498. The summed E-state index contributed by atoms with van der Waals surface area (Å²) in [6, 6.07) is 9.49. The summed E-state index contributed by atoms with van der Waals surface area (Å²) in [5.74, 6) is 0.230. The van der Waals surface area contributed by atoms with Crippen molar-refractivity contribution in [2.45, 2.75) is 19.8 Å². The van der Waals surface area contributed by atoms with E-state index in [1.54, 1.807) is 0 Å². The third-order valence-corrected chi connectivity index (χ3v) is 2.86. The molecular formula is C15H23NO2. The Hall–Kier alpha value is -1.19. The normalized spacial score (nSPS) is 10.8. The minimum atomic E-state index is 0.230. The highest BCUT2D eigenvalue weighted by molar-refractivity contribution is 5.95. The molecule has 1 aromatic carbocycles. The number of Topliss-reactive ketones (excluding diaryl/α,β-unsaturated/α-hetero) is 1. The molecule has 0 spiro atoms. The van der Waals surface area contributed by atoms with Crippen molar-refractivity contribution in [2.24, 2.45) is 0 Å². The molecule has 0 aliphatic rings. The molecule has 1 aromatic rings. The molecule has 100 valence electrons. The van der Waals surface area contributed by atoms with E-state index in [4.69, 9.17) is 4.74 Å². The molecule has 3 heteroatoms. The molecule has 0 atom stereocenters. The summed E-state index contributed by atoms with van der Waals surface area (Å²) in [5.41, 5.74) is 0.814. The van der Waals surface area contributed by atoms with E-state index in [1.807, 2.05) is 37.3 Å². The molecule has 0 saturated heterocycles. The van der Waals surface area contributed by atoms with Crippen LogP contribution in [0.25, 0.3) is 0 Å². The molecule has 18 heavy (non-hydrogen) atoms. The number of nitrogens with zero attached hydrogens (tertiary/aromatic N) is 1. The number of likely N-dealkylation sites (N-methyl/N-ethyl adjacent to an activating group) is 1. The first kappa shape index (κ1) is 14.9. The summed E-state index contributed by atoms with van der Waals surface area (Å²) in [5, 5.41) is 0. The SMILES string of the molecule is CCOCCN(C)CCCC(=O)c1ccccc1. The van der Waals surface area contributed by atoms with Crippen LogP contribution in [0.3, 0.4) is 0 Å². The van der Waals surface area contributed by atoms with Crippen LogP contribution in [0.5, 0.6) is 0 Å². The highest BCUT2D eigenvalue weighted by Gasteiger charge is 2.05. The van der Waals surface area contributed by atoms with Gasteiger partial charge in [-0.05, 0) is 26.9 Å². The third-order valence-electron chi connectivity index (χ3n) is 2.86. The van der Waals surface area contributed by atoms with Crippen molar-refractivity contribution >= 4 is 5.78 Å². The Morgan fingerprint density at radius 2 is 1.94 bits per heavy atom. The van der Waals surface area contributed by atoms with Crippen LogP contribution in [0.1, 0.15) is 30.1 Å². The van der Waals surface area contributed by atoms with Gasteiger partial charge in [0.15, 0.2) is 5.78 Å². The Labute approximate surface area is 110 Å². The maximum Gasteiger partial charge on any atom is 0.162 e. The fourth-order valence-corrected chi connectivity index (χ4v) is 1.75. The summed E-state index contributed by atoms with van der Waals surface area (Å²) in [6.45, 7) is 5.39. The lowest BCUT2D eigenvalue weighted by molar-refractivity contribution is 0.0970. The molecule has 0 fully saturated rings. The minimum Gasteiger partial charge on any atom is -0.380 e. The van der Waals surface area contributed by atoms with Gasteiger partial charge in [-0.2, -0.15) is 0 Å². The van der Waals surface area contributed by atoms with Crippen LogP contribution in [0, 0.1) is 0 Å². The molecule has 0 unspecified atom stereocenters. The lowest BCUT2D eigenvalue weighted by Crippen LogP contribution is -2.24. The molecule has 0 aliphatic carbocycles. The van der Waals surface area contributed by atoms with E-state index in [2.05, 4.69) is 11.9 Å². The van der Waals surface area contributed by atoms with Gasteiger partial charge in [0.25, 0.3) is 0 Å². The monoisotopic (exact) mass is 249 g/mol.